The van der Waals surface area contributed by atoms with E-state index in [1.807, 2.05) is 19.1 Å². The van der Waals surface area contributed by atoms with Crippen LogP contribution in [0.1, 0.15) is 31.0 Å². The monoisotopic (exact) mass is 341 g/mol. The molecule has 1 aliphatic heterocycles. The SMILES string of the molecule is Cc1nc(-c2ccc(N3C[C@@H](C(N)=O)CC[C@H]3C)nc2)[nH]c(=O)c1C. The number of hydrogen-bond donors (Lipinski definition) is 2. The molecule has 2 aromatic rings. The molecule has 2 aromatic heterocycles. The smallest absolute Gasteiger partial charge is 0.254 e. The number of carbonyl (C=O) groups is 1. The highest BCUT2D eigenvalue weighted by atomic mass is 16.1. The number of aryl methyl sites for hydroxylation is 1. The maximum atomic E-state index is 11.9. The number of nitrogens with zero attached hydrogens (tertiary/aromatic N) is 3. The molecular weight excluding hydrogens is 318 g/mol. The summed E-state index contributed by atoms with van der Waals surface area (Å²) in [5.74, 6) is 0.906. The molecule has 132 valence electrons. The largest absolute Gasteiger partial charge is 0.369 e. The molecule has 1 saturated heterocycles. The van der Waals surface area contributed by atoms with E-state index in [2.05, 4.69) is 26.8 Å². The lowest BCUT2D eigenvalue weighted by Crippen LogP contribution is -2.46. The molecule has 25 heavy (non-hydrogen) atoms. The van der Waals surface area contributed by atoms with Crippen LogP contribution in [0.15, 0.2) is 23.1 Å². The van der Waals surface area contributed by atoms with Gasteiger partial charge in [-0.2, -0.15) is 0 Å². The number of carbonyl (C=O) groups excluding carboxylic acids is 1. The number of pyridine rings is 1. The second-order valence-corrected chi connectivity index (χ2v) is 6.71. The van der Waals surface area contributed by atoms with Gasteiger partial charge in [-0.15, -0.1) is 0 Å². The van der Waals surface area contributed by atoms with Gasteiger partial charge in [-0.05, 0) is 45.7 Å². The lowest BCUT2D eigenvalue weighted by atomic mass is 9.93. The van der Waals surface area contributed by atoms with Crippen molar-refractivity contribution in [1.29, 1.82) is 0 Å². The van der Waals surface area contributed by atoms with Crippen molar-refractivity contribution in [2.45, 2.75) is 39.7 Å². The van der Waals surface area contributed by atoms with E-state index in [9.17, 15) is 9.59 Å². The van der Waals surface area contributed by atoms with Gasteiger partial charge in [0, 0.05) is 35.6 Å². The Morgan fingerprint density at radius 1 is 1.32 bits per heavy atom. The number of amides is 1. The number of anilines is 1. The number of piperidine rings is 1. The lowest BCUT2D eigenvalue weighted by Gasteiger charge is -2.37. The van der Waals surface area contributed by atoms with Gasteiger partial charge in [0.25, 0.3) is 5.56 Å². The Morgan fingerprint density at radius 2 is 2.08 bits per heavy atom. The number of aromatic amines is 1. The molecule has 7 nitrogen and oxygen atoms in total. The van der Waals surface area contributed by atoms with Crippen LogP contribution >= 0.6 is 0 Å². The summed E-state index contributed by atoms with van der Waals surface area (Å²) >= 11 is 0. The van der Waals surface area contributed by atoms with Crippen LogP contribution in [0, 0.1) is 19.8 Å². The van der Waals surface area contributed by atoms with E-state index in [4.69, 9.17) is 5.73 Å². The van der Waals surface area contributed by atoms with Gasteiger partial charge in [-0.1, -0.05) is 0 Å². The Kier molecular flexibility index (Phi) is 4.57. The molecule has 0 bridgehead atoms. The van der Waals surface area contributed by atoms with Crippen LogP contribution in [0.5, 0.6) is 0 Å². The second-order valence-electron chi connectivity index (χ2n) is 6.71. The van der Waals surface area contributed by atoms with Crippen molar-refractivity contribution in [3.05, 3.63) is 39.9 Å². The normalized spacial score (nSPS) is 20.5. The predicted octanol–water partition coefficient (Wildman–Crippen LogP) is 1.54. The van der Waals surface area contributed by atoms with E-state index in [1.54, 1.807) is 13.1 Å². The van der Waals surface area contributed by atoms with Crippen LogP contribution in [-0.2, 0) is 4.79 Å². The van der Waals surface area contributed by atoms with Crippen molar-refractivity contribution in [2.75, 3.05) is 11.4 Å². The van der Waals surface area contributed by atoms with Gasteiger partial charge in [0.1, 0.15) is 11.6 Å². The quantitative estimate of drug-likeness (QED) is 0.881. The first kappa shape index (κ1) is 17.1. The molecule has 0 saturated carbocycles. The average Bonchev–Trinajstić information content (AvgIpc) is 2.59. The second kappa shape index (κ2) is 6.66. The van der Waals surface area contributed by atoms with Gasteiger partial charge < -0.3 is 15.6 Å². The molecule has 2 atom stereocenters. The highest BCUT2D eigenvalue weighted by Gasteiger charge is 2.29. The summed E-state index contributed by atoms with van der Waals surface area (Å²) in [4.78, 5) is 37.3. The Balaban J connectivity index is 1.87. The van der Waals surface area contributed by atoms with Crippen molar-refractivity contribution < 1.29 is 4.79 Å². The van der Waals surface area contributed by atoms with Gasteiger partial charge >= 0.3 is 0 Å². The molecule has 3 rings (SSSR count). The Labute approximate surface area is 146 Å². The predicted molar refractivity (Wildman–Crippen MR) is 96.3 cm³/mol. The molecule has 0 aromatic carbocycles. The van der Waals surface area contributed by atoms with E-state index in [1.165, 1.54) is 0 Å². The van der Waals surface area contributed by atoms with Crippen LogP contribution in [-0.4, -0.2) is 33.4 Å². The summed E-state index contributed by atoms with van der Waals surface area (Å²) in [6.07, 6.45) is 3.42. The van der Waals surface area contributed by atoms with E-state index in [-0.39, 0.29) is 17.4 Å². The Hall–Kier alpha value is -2.70. The number of nitrogens with two attached hydrogens (primary N) is 1. The van der Waals surface area contributed by atoms with Crippen molar-refractivity contribution in [1.82, 2.24) is 15.0 Å². The number of H-pyrrole nitrogens is 1. The van der Waals surface area contributed by atoms with Gasteiger partial charge in [-0.25, -0.2) is 9.97 Å². The van der Waals surface area contributed by atoms with E-state index >= 15 is 0 Å². The highest BCUT2D eigenvalue weighted by molar-refractivity contribution is 5.77. The molecule has 0 spiro atoms. The van der Waals surface area contributed by atoms with Gasteiger partial charge in [0.15, 0.2) is 0 Å². The van der Waals surface area contributed by atoms with E-state index in [0.717, 1.165) is 24.2 Å². The third-order valence-corrected chi connectivity index (χ3v) is 4.99. The summed E-state index contributed by atoms with van der Waals surface area (Å²) in [6, 6.07) is 4.08. The molecule has 0 radical (unpaired) electrons. The summed E-state index contributed by atoms with van der Waals surface area (Å²) in [6.45, 7) is 6.27. The average molecular weight is 341 g/mol. The standard InChI is InChI=1S/C18H23N5O2/c1-10-4-5-14(16(19)24)9-23(10)15-7-6-13(8-20-15)17-21-12(3)11(2)18(25)22-17/h6-8,10,14H,4-5,9H2,1-3H3,(H2,19,24)(H,21,22,25)/t10-,14+/m1/s1. The van der Waals surface area contributed by atoms with Crippen LogP contribution < -0.4 is 16.2 Å². The molecule has 1 aliphatic rings. The fourth-order valence-electron chi connectivity index (χ4n) is 3.14. The number of nitrogens with one attached hydrogen (secondary N) is 1. The van der Waals surface area contributed by atoms with Gasteiger partial charge in [0.05, 0.1) is 5.92 Å². The topological polar surface area (TPSA) is 105 Å². The summed E-state index contributed by atoms with van der Waals surface area (Å²) in [7, 11) is 0. The van der Waals surface area contributed by atoms with Gasteiger partial charge in [-0.3, -0.25) is 9.59 Å². The molecule has 0 aliphatic carbocycles. The summed E-state index contributed by atoms with van der Waals surface area (Å²) in [5.41, 5.74) is 7.40. The zero-order valence-electron chi connectivity index (χ0n) is 14.7. The van der Waals surface area contributed by atoms with E-state index < -0.39 is 0 Å². The number of primary amides is 1. The highest BCUT2D eigenvalue weighted by Crippen LogP contribution is 2.27. The molecule has 3 N–H and O–H groups in total. The first-order chi connectivity index (χ1) is 11.9. The summed E-state index contributed by atoms with van der Waals surface area (Å²) < 4.78 is 0. The van der Waals surface area contributed by atoms with Gasteiger partial charge in [0.2, 0.25) is 5.91 Å². The zero-order valence-corrected chi connectivity index (χ0v) is 14.7. The molecular formula is C18H23N5O2. The first-order valence-electron chi connectivity index (χ1n) is 8.46. The van der Waals surface area contributed by atoms with Crippen molar-refractivity contribution in [2.24, 2.45) is 11.7 Å². The molecule has 1 amide bonds. The fourth-order valence-corrected chi connectivity index (χ4v) is 3.14. The minimum Gasteiger partial charge on any atom is -0.369 e. The maximum absolute atomic E-state index is 11.9. The third kappa shape index (κ3) is 3.40. The fraction of sp³-hybridized carbons (Fsp3) is 0.444. The van der Waals surface area contributed by atoms with Crippen LogP contribution in [0.25, 0.3) is 11.4 Å². The number of hydrogen-bond acceptors (Lipinski definition) is 5. The Morgan fingerprint density at radius 3 is 2.68 bits per heavy atom. The van der Waals surface area contributed by atoms with Crippen molar-refractivity contribution in [3.63, 3.8) is 0 Å². The zero-order chi connectivity index (χ0) is 18.1. The molecule has 1 fully saturated rings. The third-order valence-electron chi connectivity index (χ3n) is 4.99. The number of rotatable bonds is 3. The summed E-state index contributed by atoms with van der Waals surface area (Å²) in [5, 5.41) is 0. The lowest BCUT2D eigenvalue weighted by molar-refractivity contribution is -0.122. The Bertz CT molecular complexity index is 844. The molecule has 0 unspecified atom stereocenters. The number of aromatic nitrogens is 3. The van der Waals surface area contributed by atoms with E-state index in [0.29, 0.717) is 29.7 Å². The molecule has 7 heteroatoms. The minimum absolute atomic E-state index is 0.138. The van der Waals surface area contributed by atoms with Crippen LogP contribution in [0.3, 0.4) is 0 Å². The minimum atomic E-state index is -0.259. The van der Waals surface area contributed by atoms with Crippen LogP contribution in [0.4, 0.5) is 5.82 Å². The maximum Gasteiger partial charge on any atom is 0.254 e. The van der Waals surface area contributed by atoms with Crippen molar-refractivity contribution in [3.8, 4) is 11.4 Å². The first-order valence-corrected chi connectivity index (χ1v) is 8.46. The molecule has 3 heterocycles. The van der Waals surface area contributed by atoms with Crippen molar-refractivity contribution >= 4 is 11.7 Å². The van der Waals surface area contributed by atoms with Crippen LogP contribution in [0.2, 0.25) is 0 Å².